The number of nitrogens with zero attached hydrogens (tertiary/aromatic N) is 1. The minimum absolute atomic E-state index is 0.0555. The third-order valence-electron chi connectivity index (χ3n) is 4.09. The first-order valence-corrected chi connectivity index (χ1v) is 8.73. The van der Waals surface area contributed by atoms with Gasteiger partial charge in [0.2, 0.25) is 5.88 Å². The quantitative estimate of drug-likeness (QED) is 0.886. The number of benzene rings is 1. The molecule has 1 amide bonds. The average molecular weight is 361 g/mol. The van der Waals surface area contributed by atoms with Crippen LogP contribution in [-0.4, -0.2) is 30.2 Å². The molecule has 1 fully saturated rings. The lowest BCUT2D eigenvalue weighted by Gasteiger charge is -2.23. The smallest absolute Gasteiger partial charge is 0.253 e. The lowest BCUT2D eigenvalue weighted by molar-refractivity contribution is 0.0238. The number of ether oxygens (including phenoxy) is 2. The van der Waals surface area contributed by atoms with Crippen molar-refractivity contribution in [1.29, 1.82) is 0 Å². The second-order valence-electron chi connectivity index (χ2n) is 6.11. The Labute approximate surface area is 152 Å². The lowest BCUT2D eigenvalue weighted by Crippen LogP contribution is -2.26. The van der Waals surface area contributed by atoms with E-state index >= 15 is 0 Å². The third kappa shape index (κ3) is 4.94. The number of halogens is 1. The number of rotatable bonds is 5. The molecule has 1 aromatic heterocycles. The summed E-state index contributed by atoms with van der Waals surface area (Å²) < 4.78 is 11.1. The van der Waals surface area contributed by atoms with Gasteiger partial charge in [0, 0.05) is 25.6 Å². The maximum atomic E-state index is 12.3. The predicted molar refractivity (Wildman–Crippen MR) is 96.1 cm³/mol. The Bertz CT molecular complexity index is 728. The molecular weight excluding hydrogens is 340 g/mol. The average Bonchev–Trinajstić information content (AvgIpc) is 2.63. The molecule has 3 rings (SSSR count). The van der Waals surface area contributed by atoms with E-state index in [0.29, 0.717) is 36.2 Å². The Balaban J connectivity index is 1.59. The van der Waals surface area contributed by atoms with Gasteiger partial charge in [-0.2, -0.15) is 0 Å². The van der Waals surface area contributed by atoms with Crippen molar-refractivity contribution in [3.8, 4) is 5.88 Å². The number of hydrogen-bond acceptors (Lipinski definition) is 4. The molecule has 0 bridgehead atoms. The van der Waals surface area contributed by atoms with E-state index in [9.17, 15) is 4.79 Å². The van der Waals surface area contributed by atoms with E-state index < -0.39 is 0 Å². The summed E-state index contributed by atoms with van der Waals surface area (Å²) in [5.41, 5.74) is 2.64. The highest BCUT2D eigenvalue weighted by atomic mass is 35.5. The number of nitrogens with one attached hydrogen (secondary N) is 1. The van der Waals surface area contributed by atoms with Crippen molar-refractivity contribution in [2.24, 2.45) is 0 Å². The van der Waals surface area contributed by atoms with Crippen LogP contribution < -0.4 is 10.1 Å². The monoisotopic (exact) mass is 360 g/mol. The van der Waals surface area contributed by atoms with Crippen LogP contribution >= 0.6 is 11.6 Å². The minimum Gasteiger partial charge on any atom is -0.473 e. The Hall–Kier alpha value is -2.11. The summed E-state index contributed by atoms with van der Waals surface area (Å²) in [7, 11) is 0. The zero-order chi connectivity index (χ0) is 17.6. The van der Waals surface area contributed by atoms with Crippen LogP contribution in [0.3, 0.4) is 0 Å². The zero-order valence-electron chi connectivity index (χ0n) is 14.1. The molecule has 0 radical (unpaired) electrons. The minimum atomic E-state index is -0.215. The molecule has 0 atom stereocenters. The molecule has 5 nitrogen and oxygen atoms in total. The fourth-order valence-electron chi connectivity index (χ4n) is 2.58. The highest BCUT2D eigenvalue weighted by Gasteiger charge is 2.18. The zero-order valence-corrected chi connectivity index (χ0v) is 14.9. The summed E-state index contributed by atoms with van der Waals surface area (Å²) in [5.74, 6) is 0.149. The second kappa shape index (κ2) is 8.32. The number of carbonyl (C=O) groups is 1. The van der Waals surface area contributed by atoms with Gasteiger partial charge < -0.3 is 14.8 Å². The summed E-state index contributed by atoms with van der Waals surface area (Å²) >= 11 is 6.23. The molecule has 0 spiro atoms. The number of aromatic nitrogens is 1. The van der Waals surface area contributed by atoms with Crippen LogP contribution in [0.5, 0.6) is 5.88 Å². The van der Waals surface area contributed by atoms with Gasteiger partial charge in [-0.1, -0.05) is 41.4 Å². The molecule has 2 heterocycles. The summed E-state index contributed by atoms with van der Waals surface area (Å²) in [6.07, 6.45) is 3.18. The van der Waals surface area contributed by atoms with Gasteiger partial charge in [0.15, 0.2) is 0 Å². The van der Waals surface area contributed by atoms with Crippen LogP contribution in [0.4, 0.5) is 0 Å². The van der Waals surface area contributed by atoms with E-state index in [4.69, 9.17) is 21.1 Å². The van der Waals surface area contributed by atoms with Crippen molar-refractivity contribution >= 4 is 17.5 Å². The Kier molecular flexibility index (Phi) is 5.89. The van der Waals surface area contributed by atoms with Crippen molar-refractivity contribution in [2.45, 2.75) is 32.4 Å². The number of aryl methyl sites for hydroxylation is 1. The van der Waals surface area contributed by atoms with Crippen molar-refractivity contribution in [3.63, 3.8) is 0 Å². The van der Waals surface area contributed by atoms with Gasteiger partial charge in [0.25, 0.3) is 5.91 Å². The van der Waals surface area contributed by atoms with Gasteiger partial charge in [-0.15, -0.1) is 0 Å². The molecule has 1 N–H and O–H groups in total. The molecule has 0 unspecified atom stereocenters. The second-order valence-corrected chi connectivity index (χ2v) is 6.52. The molecule has 6 heteroatoms. The Morgan fingerprint density at radius 1 is 1.32 bits per heavy atom. The van der Waals surface area contributed by atoms with E-state index in [1.807, 2.05) is 31.2 Å². The van der Waals surface area contributed by atoms with Gasteiger partial charge in [0.05, 0.1) is 18.8 Å². The number of hydrogen-bond donors (Lipinski definition) is 1. The summed E-state index contributed by atoms with van der Waals surface area (Å²) in [6.45, 7) is 3.85. The Morgan fingerprint density at radius 2 is 2.04 bits per heavy atom. The summed E-state index contributed by atoms with van der Waals surface area (Å²) in [6, 6.07) is 9.61. The van der Waals surface area contributed by atoms with Crippen LogP contribution in [0.25, 0.3) is 0 Å². The SMILES string of the molecule is Cc1ccc(CNC(=O)c2cnc(OC3CCOCC3)c(Cl)c2)cc1. The van der Waals surface area contributed by atoms with E-state index in [0.717, 1.165) is 18.4 Å². The number of amides is 1. The van der Waals surface area contributed by atoms with Crippen molar-refractivity contribution < 1.29 is 14.3 Å². The molecule has 1 aromatic carbocycles. The number of pyridine rings is 1. The Morgan fingerprint density at radius 3 is 2.72 bits per heavy atom. The van der Waals surface area contributed by atoms with Crippen LogP contribution in [0.1, 0.15) is 34.3 Å². The van der Waals surface area contributed by atoms with E-state index in [2.05, 4.69) is 10.3 Å². The standard InChI is InChI=1S/C19H21ClN2O3/c1-13-2-4-14(5-3-13)11-21-18(23)15-10-17(20)19(22-12-15)25-16-6-8-24-9-7-16/h2-5,10,12,16H,6-9,11H2,1H3,(H,21,23). The highest BCUT2D eigenvalue weighted by molar-refractivity contribution is 6.32. The van der Waals surface area contributed by atoms with Gasteiger partial charge in [-0.25, -0.2) is 4.98 Å². The predicted octanol–water partition coefficient (Wildman–Crippen LogP) is 3.53. The van der Waals surface area contributed by atoms with E-state index in [1.165, 1.54) is 11.8 Å². The maximum Gasteiger partial charge on any atom is 0.253 e. The van der Waals surface area contributed by atoms with E-state index in [1.54, 1.807) is 6.07 Å². The maximum absolute atomic E-state index is 12.3. The third-order valence-corrected chi connectivity index (χ3v) is 4.36. The molecule has 2 aromatic rings. The molecular formula is C19H21ClN2O3. The normalized spacial score (nSPS) is 15.0. The molecule has 1 saturated heterocycles. The molecule has 0 aliphatic carbocycles. The fraction of sp³-hybridized carbons (Fsp3) is 0.368. The summed E-state index contributed by atoms with van der Waals surface area (Å²) in [4.78, 5) is 16.5. The first-order valence-electron chi connectivity index (χ1n) is 8.35. The lowest BCUT2D eigenvalue weighted by atomic mass is 10.1. The molecule has 1 aliphatic rings. The topological polar surface area (TPSA) is 60.5 Å². The first-order chi connectivity index (χ1) is 12.1. The van der Waals surface area contributed by atoms with Crippen LogP contribution in [0, 0.1) is 6.92 Å². The van der Waals surface area contributed by atoms with Gasteiger partial charge in [-0.05, 0) is 18.6 Å². The van der Waals surface area contributed by atoms with E-state index in [-0.39, 0.29) is 12.0 Å². The van der Waals surface area contributed by atoms with Crippen LogP contribution in [0.15, 0.2) is 36.5 Å². The highest BCUT2D eigenvalue weighted by Crippen LogP contribution is 2.25. The number of carbonyl (C=O) groups excluding carboxylic acids is 1. The largest absolute Gasteiger partial charge is 0.473 e. The molecule has 1 aliphatic heterocycles. The van der Waals surface area contributed by atoms with Gasteiger partial charge >= 0.3 is 0 Å². The van der Waals surface area contributed by atoms with Gasteiger partial charge in [-0.3, -0.25) is 4.79 Å². The van der Waals surface area contributed by atoms with Gasteiger partial charge in [0.1, 0.15) is 11.1 Å². The first kappa shape index (κ1) is 17.7. The molecule has 25 heavy (non-hydrogen) atoms. The van der Waals surface area contributed by atoms with Crippen molar-refractivity contribution in [1.82, 2.24) is 10.3 Å². The molecule has 132 valence electrons. The van der Waals surface area contributed by atoms with Crippen LogP contribution in [-0.2, 0) is 11.3 Å². The molecule has 0 saturated carbocycles. The summed E-state index contributed by atoms with van der Waals surface area (Å²) in [5, 5.41) is 3.21. The van der Waals surface area contributed by atoms with Crippen molar-refractivity contribution in [3.05, 3.63) is 58.2 Å². The van der Waals surface area contributed by atoms with Crippen LogP contribution in [0.2, 0.25) is 5.02 Å². The fourth-order valence-corrected chi connectivity index (χ4v) is 2.79. The van der Waals surface area contributed by atoms with Crippen molar-refractivity contribution in [2.75, 3.05) is 13.2 Å².